The number of rotatable bonds is 7. The Morgan fingerprint density at radius 2 is 1.63 bits per heavy atom. The van der Waals surface area contributed by atoms with E-state index in [1.807, 2.05) is 32.0 Å². The fraction of sp³-hybridized carbons (Fsp3) is 0.625. The van der Waals surface area contributed by atoms with Crippen molar-refractivity contribution in [3.05, 3.63) is 35.9 Å². The van der Waals surface area contributed by atoms with Gasteiger partial charge in [-0.05, 0) is 26.6 Å². The Kier molecular flexibility index (Phi) is 5.53. The van der Waals surface area contributed by atoms with Gasteiger partial charge in [-0.3, -0.25) is 0 Å². The van der Waals surface area contributed by atoms with Crippen LogP contribution in [0.3, 0.4) is 0 Å². The van der Waals surface area contributed by atoms with Crippen molar-refractivity contribution in [1.82, 2.24) is 10.2 Å². The smallest absolute Gasteiger partial charge is 0.0869 e. The van der Waals surface area contributed by atoms with Gasteiger partial charge in [-0.25, -0.2) is 0 Å². The fourth-order valence-electron chi connectivity index (χ4n) is 2.37. The zero-order chi connectivity index (χ0) is 14.5. The van der Waals surface area contributed by atoms with Crippen LogP contribution in [0, 0.1) is 0 Å². The van der Waals surface area contributed by atoms with Gasteiger partial charge in [0, 0.05) is 25.0 Å². The Hall–Kier alpha value is -0.900. The molecule has 2 N–H and O–H groups in total. The molecule has 0 aliphatic carbocycles. The molecule has 0 heterocycles. The number of nitrogens with zero attached hydrogens (tertiary/aromatic N) is 1. The van der Waals surface area contributed by atoms with Gasteiger partial charge in [0.15, 0.2) is 0 Å². The SMILES string of the molecule is CN(C)CC(C)(O)CNCC(C)(C)c1ccccc1. The van der Waals surface area contributed by atoms with Crippen molar-refractivity contribution < 1.29 is 5.11 Å². The van der Waals surface area contributed by atoms with Gasteiger partial charge in [0.1, 0.15) is 0 Å². The van der Waals surface area contributed by atoms with Gasteiger partial charge in [0.25, 0.3) is 0 Å². The van der Waals surface area contributed by atoms with Crippen molar-refractivity contribution in [3.8, 4) is 0 Å². The van der Waals surface area contributed by atoms with Crippen LogP contribution < -0.4 is 5.32 Å². The van der Waals surface area contributed by atoms with E-state index >= 15 is 0 Å². The molecule has 3 heteroatoms. The first-order valence-electron chi connectivity index (χ1n) is 6.86. The molecule has 0 aliphatic rings. The number of likely N-dealkylation sites (N-methyl/N-ethyl adjacent to an activating group) is 1. The molecule has 1 aromatic carbocycles. The molecule has 1 rings (SSSR count). The Balaban J connectivity index is 2.48. The molecule has 0 saturated heterocycles. The predicted molar refractivity (Wildman–Crippen MR) is 81.5 cm³/mol. The average Bonchev–Trinajstić information content (AvgIpc) is 2.27. The van der Waals surface area contributed by atoms with E-state index < -0.39 is 5.60 Å². The summed E-state index contributed by atoms with van der Waals surface area (Å²) in [6.07, 6.45) is 0. The fourth-order valence-corrected chi connectivity index (χ4v) is 2.37. The number of hydrogen-bond acceptors (Lipinski definition) is 3. The van der Waals surface area contributed by atoms with Crippen LogP contribution in [0.15, 0.2) is 30.3 Å². The summed E-state index contributed by atoms with van der Waals surface area (Å²) in [6, 6.07) is 10.5. The lowest BCUT2D eigenvalue weighted by atomic mass is 9.84. The maximum absolute atomic E-state index is 10.2. The molecule has 0 spiro atoms. The summed E-state index contributed by atoms with van der Waals surface area (Å²) in [4.78, 5) is 2.00. The molecular weight excluding hydrogens is 236 g/mol. The van der Waals surface area contributed by atoms with E-state index in [2.05, 4.69) is 43.4 Å². The minimum Gasteiger partial charge on any atom is -0.388 e. The maximum Gasteiger partial charge on any atom is 0.0869 e. The van der Waals surface area contributed by atoms with Crippen molar-refractivity contribution in [3.63, 3.8) is 0 Å². The average molecular weight is 264 g/mol. The first kappa shape index (κ1) is 16.2. The minimum atomic E-state index is -0.698. The van der Waals surface area contributed by atoms with Crippen LogP contribution >= 0.6 is 0 Å². The Bertz CT molecular complexity index is 372. The summed E-state index contributed by atoms with van der Waals surface area (Å²) in [7, 11) is 3.95. The highest BCUT2D eigenvalue weighted by atomic mass is 16.3. The van der Waals surface area contributed by atoms with Gasteiger partial charge in [-0.2, -0.15) is 0 Å². The molecule has 108 valence electrons. The lowest BCUT2D eigenvalue weighted by molar-refractivity contribution is 0.0330. The molecule has 0 amide bonds. The molecule has 0 aliphatic heterocycles. The van der Waals surface area contributed by atoms with E-state index in [1.54, 1.807) is 0 Å². The second-order valence-electron chi connectivity index (χ2n) is 6.59. The highest BCUT2D eigenvalue weighted by molar-refractivity contribution is 5.23. The maximum atomic E-state index is 10.2. The van der Waals surface area contributed by atoms with Crippen LogP contribution in [0.2, 0.25) is 0 Å². The molecule has 1 unspecified atom stereocenters. The van der Waals surface area contributed by atoms with E-state index in [0.29, 0.717) is 13.1 Å². The van der Waals surface area contributed by atoms with E-state index in [9.17, 15) is 5.11 Å². The molecule has 0 bridgehead atoms. The normalized spacial score (nSPS) is 15.5. The molecule has 0 radical (unpaired) electrons. The third-order valence-electron chi connectivity index (χ3n) is 3.28. The Morgan fingerprint density at radius 3 is 2.16 bits per heavy atom. The van der Waals surface area contributed by atoms with Crippen LogP contribution in [0.5, 0.6) is 0 Å². The molecule has 3 nitrogen and oxygen atoms in total. The molecule has 0 saturated carbocycles. The summed E-state index contributed by atoms with van der Waals surface area (Å²) < 4.78 is 0. The van der Waals surface area contributed by atoms with Gasteiger partial charge in [0.2, 0.25) is 0 Å². The van der Waals surface area contributed by atoms with Crippen LogP contribution in [0.4, 0.5) is 0 Å². The van der Waals surface area contributed by atoms with Crippen molar-refractivity contribution in [2.75, 3.05) is 33.7 Å². The highest BCUT2D eigenvalue weighted by Crippen LogP contribution is 2.21. The molecule has 0 fully saturated rings. The third kappa shape index (κ3) is 5.72. The number of nitrogens with one attached hydrogen (secondary N) is 1. The van der Waals surface area contributed by atoms with Gasteiger partial charge in [-0.1, -0.05) is 44.2 Å². The summed E-state index contributed by atoms with van der Waals surface area (Å²) in [5.41, 5.74) is 0.681. The van der Waals surface area contributed by atoms with Crippen LogP contribution in [0.25, 0.3) is 0 Å². The van der Waals surface area contributed by atoms with Crippen LogP contribution in [-0.2, 0) is 5.41 Å². The van der Waals surface area contributed by atoms with Crippen molar-refractivity contribution in [2.24, 2.45) is 0 Å². The minimum absolute atomic E-state index is 0.0649. The third-order valence-corrected chi connectivity index (χ3v) is 3.28. The molecule has 0 aromatic heterocycles. The second kappa shape index (κ2) is 6.51. The largest absolute Gasteiger partial charge is 0.388 e. The summed E-state index contributed by atoms with van der Waals surface area (Å²) >= 11 is 0. The summed E-state index contributed by atoms with van der Waals surface area (Å²) in [5.74, 6) is 0. The summed E-state index contributed by atoms with van der Waals surface area (Å²) in [6.45, 7) is 8.41. The zero-order valence-electron chi connectivity index (χ0n) is 12.9. The van der Waals surface area contributed by atoms with Crippen LogP contribution in [-0.4, -0.2) is 49.3 Å². The monoisotopic (exact) mass is 264 g/mol. The highest BCUT2D eigenvalue weighted by Gasteiger charge is 2.24. The molecule has 1 aromatic rings. The molecular formula is C16H28N2O. The lowest BCUT2D eigenvalue weighted by Crippen LogP contribution is -2.47. The van der Waals surface area contributed by atoms with Crippen molar-refractivity contribution >= 4 is 0 Å². The Labute approximate surface area is 117 Å². The second-order valence-corrected chi connectivity index (χ2v) is 6.59. The Morgan fingerprint density at radius 1 is 1.05 bits per heavy atom. The van der Waals surface area contributed by atoms with Crippen molar-refractivity contribution in [2.45, 2.75) is 31.8 Å². The first-order valence-corrected chi connectivity index (χ1v) is 6.86. The van der Waals surface area contributed by atoms with Gasteiger partial charge >= 0.3 is 0 Å². The van der Waals surface area contributed by atoms with E-state index in [1.165, 1.54) is 5.56 Å². The molecule has 1 atom stereocenters. The lowest BCUT2D eigenvalue weighted by Gasteiger charge is -2.31. The van der Waals surface area contributed by atoms with Gasteiger partial charge < -0.3 is 15.3 Å². The zero-order valence-corrected chi connectivity index (χ0v) is 12.9. The quantitative estimate of drug-likeness (QED) is 0.789. The number of benzene rings is 1. The van der Waals surface area contributed by atoms with E-state index in [0.717, 1.165) is 6.54 Å². The van der Waals surface area contributed by atoms with E-state index in [4.69, 9.17) is 0 Å². The van der Waals surface area contributed by atoms with Gasteiger partial charge in [0.05, 0.1) is 5.60 Å². The standard InChI is InChI=1S/C16H28N2O/c1-15(2,14-9-7-6-8-10-14)11-17-12-16(3,19)13-18(4)5/h6-10,17,19H,11-13H2,1-5H3. The van der Waals surface area contributed by atoms with Crippen LogP contribution in [0.1, 0.15) is 26.3 Å². The molecule has 19 heavy (non-hydrogen) atoms. The van der Waals surface area contributed by atoms with Gasteiger partial charge in [-0.15, -0.1) is 0 Å². The van der Waals surface area contributed by atoms with Crippen molar-refractivity contribution in [1.29, 1.82) is 0 Å². The number of aliphatic hydroxyl groups is 1. The van der Waals surface area contributed by atoms with E-state index in [-0.39, 0.29) is 5.41 Å². The predicted octanol–water partition coefficient (Wildman–Crippen LogP) is 1.87. The first-order chi connectivity index (χ1) is 8.73. The summed E-state index contributed by atoms with van der Waals surface area (Å²) in [5, 5.41) is 13.6. The topological polar surface area (TPSA) is 35.5 Å². The number of hydrogen-bond donors (Lipinski definition) is 2.